The smallest absolute Gasteiger partial charge is 0.191 e. The first-order valence-corrected chi connectivity index (χ1v) is 9.09. The van der Waals surface area contributed by atoms with Gasteiger partial charge >= 0.3 is 0 Å². The predicted octanol–water partition coefficient (Wildman–Crippen LogP) is 4.20. The third-order valence-electron chi connectivity index (χ3n) is 3.55. The van der Waals surface area contributed by atoms with Gasteiger partial charge in [-0.2, -0.15) is 0 Å². The normalized spacial score (nSPS) is 11.1. The Morgan fingerprint density at radius 2 is 2.08 bits per heavy atom. The van der Waals surface area contributed by atoms with E-state index in [-0.39, 0.29) is 29.8 Å². The van der Waals surface area contributed by atoms with Crippen LogP contribution in [0.1, 0.15) is 34.5 Å². The van der Waals surface area contributed by atoms with Crippen molar-refractivity contribution >= 4 is 41.3 Å². The maximum atomic E-state index is 13.2. The summed E-state index contributed by atoms with van der Waals surface area (Å²) in [5, 5.41) is 7.66. The Kier molecular flexibility index (Phi) is 9.96. The third-order valence-corrected chi connectivity index (χ3v) is 4.61. The summed E-state index contributed by atoms with van der Waals surface area (Å²) in [4.78, 5) is 10.2. The number of guanidine groups is 1. The lowest BCUT2D eigenvalue weighted by Gasteiger charge is -2.11. The van der Waals surface area contributed by atoms with Crippen LogP contribution < -0.4 is 10.6 Å². The average Bonchev–Trinajstić information content (AvgIpc) is 2.87. The molecule has 0 fully saturated rings. The van der Waals surface area contributed by atoms with E-state index in [1.807, 2.05) is 26.8 Å². The molecule has 1 aromatic heterocycles. The number of nitrogens with zero attached hydrogens (tertiary/aromatic N) is 2. The number of aliphatic imine (C=N–C) groups is 1. The molecule has 2 N–H and O–H groups in total. The Morgan fingerprint density at radius 3 is 2.72 bits per heavy atom. The van der Waals surface area contributed by atoms with Crippen LogP contribution in [0.3, 0.4) is 0 Å². The lowest BCUT2D eigenvalue weighted by Crippen LogP contribution is -2.37. The van der Waals surface area contributed by atoms with Crippen LogP contribution in [0.15, 0.2) is 29.3 Å². The lowest BCUT2D eigenvalue weighted by atomic mass is 10.1. The van der Waals surface area contributed by atoms with Crippen molar-refractivity contribution in [1.82, 2.24) is 15.6 Å². The predicted molar refractivity (Wildman–Crippen MR) is 115 cm³/mol. The molecule has 0 unspecified atom stereocenters. The molecule has 138 valence electrons. The van der Waals surface area contributed by atoms with Crippen molar-refractivity contribution in [1.29, 1.82) is 0 Å². The van der Waals surface area contributed by atoms with Gasteiger partial charge in [-0.1, -0.05) is 12.1 Å². The standard InChI is InChI=1S/C18H25FN4S.HI/c1-4-20-18(22-12-17-13(2)23-14(3)24-17)21-10-6-8-15-7-5-9-16(19)11-15;/h5,7,9,11H,4,6,8,10,12H2,1-3H3,(H2,20,21,22);1H. The van der Waals surface area contributed by atoms with Crippen LogP contribution in [0, 0.1) is 19.7 Å². The summed E-state index contributed by atoms with van der Waals surface area (Å²) in [6.45, 7) is 8.33. The van der Waals surface area contributed by atoms with E-state index in [9.17, 15) is 4.39 Å². The molecule has 25 heavy (non-hydrogen) atoms. The Bertz CT molecular complexity index is 687. The molecule has 7 heteroatoms. The van der Waals surface area contributed by atoms with Crippen molar-refractivity contribution in [2.45, 2.75) is 40.2 Å². The van der Waals surface area contributed by atoms with E-state index in [4.69, 9.17) is 0 Å². The fourth-order valence-electron chi connectivity index (χ4n) is 2.40. The van der Waals surface area contributed by atoms with Crippen LogP contribution in [0.2, 0.25) is 0 Å². The zero-order valence-electron chi connectivity index (χ0n) is 14.9. The third kappa shape index (κ3) is 7.68. The highest BCUT2D eigenvalue weighted by Crippen LogP contribution is 2.17. The van der Waals surface area contributed by atoms with Gasteiger partial charge < -0.3 is 10.6 Å². The second-order valence-electron chi connectivity index (χ2n) is 5.60. The number of hydrogen-bond donors (Lipinski definition) is 2. The van der Waals surface area contributed by atoms with Gasteiger partial charge in [0.05, 0.1) is 17.2 Å². The van der Waals surface area contributed by atoms with Crippen LogP contribution in [-0.2, 0) is 13.0 Å². The van der Waals surface area contributed by atoms with Gasteiger partial charge in [-0.25, -0.2) is 14.4 Å². The average molecular weight is 476 g/mol. The van der Waals surface area contributed by atoms with Crippen molar-refractivity contribution in [2.24, 2.45) is 4.99 Å². The first kappa shape index (κ1) is 21.8. The molecule has 1 aromatic carbocycles. The van der Waals surface area contributed by atoms with Crippen LogP contribution in [-0.4, -0.2) is 24.0 Å². The number of benzene rings is 1. The molecule has 1 heterocycles. The summed E-state index contributed by atoms with van der Waals surface area (Å²) < 4.78 is 13.2. The van der Waals surface area contributed by atoms with Crippen molar-refractivity contribution in [2.75, 3.05) is 13.1 Å². The van der Waals surface area contributed by atoms with E-state index in [2.05, 4.69) is 20.6 Å². The molecule has 0 saturated carbocycles. The number of rotatable bonds is 7. The van der Waals surface area contributed by atoms with Gasteiger partial charge in [-0.3, -0.25) is 0 Å². The van der Waals surface area contributed by atoms with Crippen LogP contribution in [0.5, 0.6) is 0 Å². The minimum Gasteiger partial charge on any atom is -0.357 e. The number of hydrogen-bond acceptors (Lipinski definition) is 3. The molecule has 0 radical (unpaired) electrons. The molecule has 0 spiro atoms. The minimum absolute atomic E-state index is 0. The summed E-state index contributed by atoms with van der Waals surface area (Å²) in [5.74, 6) is 0.632. The van der Waals surface area contributed by atoms with E-state index in [0.717, 1.165) is 48.2 Å². The first-order valence-electron chi connectivity index (χ1n) is 8.28. The Morgan fingerprint density at radius 1 is 1.28 bits per heavy atom. The number of nitrogens with one attached hydrogen (secondary N) is 2. The maximum absolute atomic E-state index is 13.2. The Hall–Kier alpha value is -1.22. The van der Waals surface area contributed by atoms with E-state index in [1.54, 1.807) is 23.5 Å². The minimum atomic E-state index is -0.175. The Labute approximate surface area is 170 Å². The van der Waals surface area contributed by atoms with E-state index in [1.165, 1.54) is 10.9 Å². The zero-order valence-corrected chi connectivity index (χ0v) is 18.1. The molecule has 0 bridgehead atoms. The number of halogens is 2. The van der Waals surface area contributed by atoms with Gasteiger partial charge in [-0.15, -0.1) is 35.3 Å². The molecule has 0 amide bonds. The molecule has 0 aliphatic carbocycles. The molecular weight excluding hydrogens is 450 g/mol. The molecule has 0 aliphatic heterocycles. The molecule has 0 aliphatic rings. The number of aromatic nitrogens is 1. The second-order valence-corrected chi connectivity index (χ2v) is 6.88. The van der Waals surface area contributed by atoms with Gasteiger partial charge in [0.2, 0.25) is 0 Å². The van der Waals surface area contributed by atoms with E-state index in [0.29, 0.717) is 6.54 Å². The van der Waals surface area contributed by atoms with Gasteiger partial charge in [0.1, 0.15) is 5.82 Å². The summed E-state index contributed by atoms with van der Waals surface area (Å²) in [5.41, 5.74) is 2.08. The van der Waals surface area contributed by atoms with Gasteiger partial charge in [0, 0.05) is 18.0 Å². The van der Waals surface area contributed by atoms with Crippen LogP contribution >= 0.6 is 35.3 Å². The molecule has 4 nitrogen and oxygen atoms in total. The molecule has 0 saturated heterocycles. The van der Waals surface area contributed by atoms with Crippen molar-refractivity contribution in [3.8, 4) is 0 Å². The molecular formula is C18H26FIN4S. The molecule has 2 aromatic rings. The van der Waals surface area contributed by atoms with Crippen LogP contribution in [0.4, 0.5) is 4.39 Å². The summed E-state index contributed by atoms with van der Waals surface area (Å²) in [6, 6.07) is 6.77. The summed E-state index contributed by atoms with van der Waals surface area (Å²) in [6.07, 6.45) is 1.77. The largest absolute Gasteiger partial charge is 0.357 e. The SMILES string of the molecule is CCNC(=NCc1sc(C)nc1C)NCCCc1cccc(F)c1.I. The maximum Gasteiger partial charge on any atom is 0.191 e. The molecule has 0 atom stereocenters. The van der Waals surface area contributed by atoms with E-state index < -0.39 is 0 Å². The first-order chi connectivity index (χ1) is 11.6. The topological polar surface area (TPSA) is 49.3 Å². The van der Waals surface area contributed by atoms with Crippen molar-refractivity contribution in [3.05, 3.63) is 51.2 Å². The monoisotopic (exact) mass is 476 g/mol. The zero-order chi connectivity index (χ0) is 17.4. The van der Waals surface area contributed by atoms with Gasteiger partial charge in [0.25, 0.3) is 0 Å². The highest BCUT2D eigenvalue weighted by atomic mass is 127. The van der Waals surface area contributed by atoms with Crippen molar-refractivity contribution < 1.29 is 4.39 Å². The van der Waals surface area contributed by atoms with Crippen LogP contribution in [0.25, 0.3) is 0 Å². The highest BCUT2D eigenvalue weighted by Gasteiger charge is 2.05. The number of thiazole rings is 1. The quantitative estimate of drug-likeness (QED) is 0.273. The lowest BCUT2D eigenvalue weighted by molar-refractivity contribution is 0.624. The van der Waals surface area contributed by atoms with Gasteiger partial charge in [-0.05, 0) is 51.3 Å². The fraction of sp³-hybridized carbons (Fsp3) is 0.444. The molecule has 2 rings (SSSR count). The summed E-state index contributed by atoms with van der Waals surface area (Å²) in [7, 11) is 0. The fourth-order valence-corrected chi connectivity index (χ4v) is 3.27. The summed E-state index contributed by atoms with van der Waals surface area (Å²) >= 11 is 1.69. The second kappa shape index (κ2) is 11.4. The van der Waals surface area contributed by atoms with Crippen molar-refractivity contribution in [3.63, 3.8) is 0 Å². The Balaban J connectivity index is 0.00000312. The number of aryl methyl sites for hydroxylation is 3. The van der Waals surface area contributed by atoms with E-state index >= 15 is 0 Å². The highest BCUT2D eigenvalue weighted by molar-refractivity contribution is 14.0. The van der Waals surface area contributed by atoms with Gasteiger partial charge in [0.15, 0.2) is 5.96 Å².